The SMILES string of the molecule is CCC(CC)(CC)OC(=O)N(C1CCCCC1)C1CCCCC1. The smallest absolute Gasteiger partial charge is 0.410 e. The van der Waals surface area contributed by atoms with Crippen molar-refractivity contribution in [2.24, 2.45) is 0 Å². The quantitative estimate of drug-likeness (QED) is 0.594. The largest absolute Gasteiger partial charge is 0.443 e. The van der Waals surface area contributed by atoms with Crippen LogP contribution in [0.25, 0.3) is 0 Å². The topological polar surface area (TPSA) is 29.5 Å². The van der Waals surface area contributed by atoms with E-state index in [1.807, 2.05) is 0 Å². The van der Waals surface area contributed by atoms with Gasteiger partial charge in [0.2, 0.25) is 0 Å². The van der Waals surface area contributed by atoms with E-state index in [0.29, 0.717) is 12.1 Å². The second-order valence-electron chi connectivity index (χ2n) is 7.60. The number of rotatable bonds is 6. The van der Waals surface area contributed by atoms with E-state index < -0.39 is 0 Å². The summed E-state index contributed by atoms with van der Waals surface area (Å²) in [7, 11) is 0. The van der Waals surface area contributed by atoms with Crippen LogP contribution in [0.1, 0.15) is 104 Å². The Balaban J connectivity index is 2.12. The van der Waals surface area contributed by atoms with Crippen molar-refractivity contribution in [2.45, 2.75) is 122 Å². The van der Waals surface area contributed by atoms with Crippen molar-refractivity contribution in [3.05, 3.63) is 0 Å². The van der Waals surface area contributed by atoms with Crippen molar-refractivity contribution in [2.75, 3.05) is 0 Å². The number of hydrogen-bond acceptors (Lipinski definition) is 2. The average Bonchev–Trinajstić information content (AvgIpc) is 2.62. The van der Waals surface area contributed by atoms with Crippen LogP contribution in [0.2, 0.25) is 0 Å². The first kappa shape index (κ1) is 18.6. The molecule has 2 aliphatic carbocycles. The Bertz CT molecular complexity index is 326. The third kappa shape index (κ3) is 4.64. The Morgan fingerprint density at radius 3 is 1.57 bits per heavy atom. The van der Waals surface area contributed by atoms with Gasteiger partial charge < -0.3 is 9.64 Å². The second kappa shape index (κ2) is 8.94. The van der Waals surface area contributed by atoms with Gasteiger partial charge in [-0.1, -0.05) is 59.3 Å². The minimum Gasteiger partial charge on any atom is -0.443 e. The zero-order valence-electron chi connectivity index (χ0n) is 15.6. The fourth-order valence-electron chi connectivity index (χ4n) is 4.52. The number of hydrogen-bond donors (Lipinski definition) is 0. The van der Waals surface area contributed by atoms with E-state index in [4.69, 9.17) is 4.74 Å². The normalized spacial score (nSPS) is 21.2. The minimum atomic E-state index is -0.265. The molecule has 2 saturated carbocycles. The molecule has 0 aliphatic heterocycles. The van der Waals surface area contributed by atoms with Gasteiger partial charge in [0.05, 0.1) is 0 Å². The number of carbonyl (C=O) groups is 1. The van der Waals surface area contributed by atoms with Crippen molar-refractivity contribution in [1.82, 2.24) is 4.90 Å². The van der Waals surface area contributed by atoms with E-state index in [9.17, 15) is 4.79 Å². The molecular formula is C20H37NO2. The lowest BCUT2D eigenvalue weighted by molar-refractivity contribution is -0.0374. The van der Waals surface area contributed by atoms with Crippen LogP contribution >= 0.6 is 0 Å². The lowest BCUT2D eigenvalue weighted by Crippen LogP contribution is -2.51. The molecule has 2 fully saturated rings. The maximum atomic E-state index is 13.1. The van der Waals surface area contributed by atoms with Crippen LogP contribution in [0.15, 0.2) is 0 Å². The first-order chi connectivity index (χ1) is 11.2. The maximum absolute atomic E-state index is 13.1. The zero-order valence-corrected chi connectivity index (χ0v) is 15.6. The molecular weight excluding hydrogens is 286 g/mol. The number of ether oxygens (including phenoxy) is 1. The maximum Gasteiger partial charge on any atom is 0.410 e. The van der Waals surface area contributed by atoms with E-state index in [1.54, 1.807) is 0 Å². The van der Waals surface area contributed by atoms with Gasteiger partial charge in [-0.15, -0.1) is 0 Å². The van der Waals surface area contributed by atoms with Crippen molar-refractivity contribution >= 4 is 6.09 Å². The van der Waals surface area contributed by atoms with E-state index in [1.165, 1.54) is 64.2 Å². The van der Waals surface area contributed by atoms with Crippen LogP contribution in [0, 0.1) is 0 Å². The van der Waals surface area contributed by atoms with Crippen molar-refractivity contribution in [3.63, 3.8) is 0 Å². The molecule has 0 spiro atoms. The number of carbonyl (C=O) groups excluding carboxylic acids is 1. The third-order valence-electron chi connectivity index (χ3n) is 6.38. The van der Waals surface area contributed by atoms with Crippen molar-refractivity contribution < 1.29 is 9.53 Å². The van der Waals surface area contributed by atoms with Gasteiger partial charge in [-0.2, -0.15) is 0 Å². The Morgan fingerprint density at radius 2 is 1.22 bits per heavy atom. The molecule has 1 amide bonds. The van der Waals surface area contributed by atoms with E-state index in [-0.39, 0.29) is 11.7 Å². The van der Waals surface area contributed by atoms with Gasteiger partial charge in [0.25, 0.3) is 0 Å². The molecule has 0 atom stereocenters. The predicted octanol–water partition coefficient (Wildman–Crippen LogP) is 6.06. The van der Waals surface area contributed by atoms with E-state index >= 15 is 0 Å². The number of nitrogens with zero attached hydrogens (tertiary/aromatic N) is 1. The van der Waals surface area contributed by atoms with Gasteiger partial charge in [-0.25, -0.2) is 4.79 Å². The summed E-state index contributed by atoms with van der Waals surface area (Å²) in [6.07, 6.45) is 15.1. The molecule has 0 heterocycles. The van der Waals surface area contributed by atoms with Gasteiger partial charge in [0.1, 0.15) is 5.60 Å². The van der Waals surface area contributed by atoms with Crippen molar-refractivity contribution in [3.8, 4) is 0 Å². The summed E-state index contributed by atoms with van der Waals surface area (Å²) >= 11 is 0. The Labute approximate surface area is 143 Å². The monoisotopic (exact) mass is 323 g/mol. The molecule has 2 rings (SSSR count). The zero-order chi connectivity index (χ0) is 16.7. The lowest BCUT2D eigenvalue weighted by Gasteiger charge is -2.43. The number of amides is 1. The summed E-state index contributed by atoms with van der Waals surface area (Å²) in [6.45, 7) is 6.43. The summed E-state index contributed by atoms with van der Waals surface area (Å²) in [5.74, 6) is 0. The minimum absolute atomic E-state index is 0.0191. The van der Waals surface area contributed by atoms with Gasteiger partial charge in [0, 0.05) is 12.1 Å². The lowest BCUT2D eigenvalue weighted by atomic mass is 9.89. The molecule has 0 unspecified atom stereocenters. The summed E-state index contributed by atoms with van der Waals surface area (Å²) in [5, 5.41) is 0. The molecule has 0 aromatic carbocycles. The summed E-state index contributed by atoms with van der Waals surface area (Å²) in [5.41, 5.74) is -0.265. The van der Waals surface area contributed by atoms with Crippen molar-refractivity contribution in [1.29, 1.82) is 0 Å². The van der Waals surface area contributed by atoms with Gasteiger partial charge in [-0.05, 0) is 44.9 Å². The molecule has 0 aromatic rings. The fraction of sp³-hybridized carbons (Fsp3) is 0.950. The van der Waals surface area contributed by atoms with Crippen LogP contribution in [-0.4, -0.2) is 28.7 Å². The van der Waals surface area contributed by atoms with Crippen LogP contribution in [0.5, 0.6) is 0 Å². The molecule has 0 saturated heterocycles. The van der Waals surface area contributed by atoms with E-state index in [0.717, 1.165) is 19.3 Å². The van der Waals surface area contributed by atoms with Gasteiger partial charge in [0.15, 0.2) is 0 Å². The van der Waals surface area contributed by atoms with E-state index in [2.05, 4.69) is 25.7 Å². The highest BCUT2D eigenvalue weighted by molar-refractivity contribution is 5.69. The van der Waals surface area contributed by atoms with Crippen LogP contribution in [-0.2, 0) is 4.74 Å². The molecule has 2 aliphatic rings. The summed E-state index contributed by atoms with van der Waals surface area (Å²) in [4.78, 5) is 15.3. The Morgan fingerprint density at radius 1 is 0.826 bits per heavy atom. The first-order valence-corrected chi connectivity index (χ1v) is 10.2. The van der Waals surface area contributed by atoms with Gasteiger partial charge >= 0.3 is 6.09 Å². The van der Waals surface area contributed by atoms with Gasteiger partial charge in [-0.3, -0.25) is 0 Å². The highest BCUT2D eigenvalue weighted by Gasteiger charge is 2.37. The molecule has 3 heteroatoms. The van der Waals surface area contributed by atoms with Crippen LogP contribution in [0.4, 0.5) is 4.79 Å². The average molecular weight is 324 g/mol. The molecule has 134 valence electrons. The molecule has 0 aromatic heterocycles. The molecule has 23 heavy (non-hydrogen) atoms. The predicted molar refractivity (Wildman–Crippen MR) is 95.7 cm³/mol. The third-order valence-corrected chi connectivity index (χ3v) is 6.38. The highest BCUT2D eigenvalue weighted by Crippen LogP contribution is 2.33. The Hall–Kier alpha value is -0.730. The molecule has 3 nitrogen and oxygen atoms in total. The Kier molecular flexibility index (Phi) is 7.23. The fourth-order valence-corrected chi connectivity index (χ4v) is 4.52. The first-order valence-electron chi connectivity index (χ1n) is 10.2. The second-order valence-corrected chi connectivity index (χ2v) is 7.60. The summed E-state index contributed by atoms with van der Waals surface area (Å²) in [6, 6.07) is 0.838. The molecule has 0 N–H and O–H groups in total. The standard InChI is InChI=1S/C20H37NO2/c1-4-20(5-2,6-3)23-19(22)21(17-13-9-7-10-14-17)18-15-11-8-12-16-18/h17-18H,4-16H2,1-3H3. The molecule has 0 bridgehead atoms. The summed E-state index contributed by atoms with van der Waals surface area (Å²) < 4.78 is 6.14. The van der Waals surface area contributed by atoms with Crippen LogP contribution < -0.4 is 0 Å². The highest BCUT2D eigenvalue weighted by atomic mass is 16.6. The van der Waals surface area contributed by atoms with Crippen LogP contribution in [0.3, 0.4) is 0 Å². The molecule has 0 radical (unpaired) electrons.